The fourth-order valence-electron chi connectivity index (χ4n) is 6.76. The van der Waals surface area contributed by atoms with Gasteiger partial charge in [-0.2, -0.15) is 5.26 Å². The van der Waals surface area contributed by atoms with E-state index in [0.717, 1.165) is 6.42 Å². The van der Waals surface area contributed by atoms with E-state index in [1.165, 1.54) is 50.1 Å². The minimum absolute atomic E-state index is 0.200. The lowest BCUT2D eigenvalue weighted by Crippen LogP contribution is -2.29. The zero-order valence-electron chi connectivity index (χ0n) is 22.7. The largest absolute Gasteiger partial charge is 0.192 e. The van der Waals surface area contributed by atoms with E-state index >= 15 is 0 Å². The molecular weight excluding hydrogens is 494 g/mol. The molecule has 7 rings (SSSR count). The monoisotopic (exact) mass is 523 g/mol. The summed E-state index contributed by atoms with van der Waals surface area (Å²) in [6.45, 7) is 0. The molecule has 0 saturated heterocycles. The quantitative estimate of drug-likeness (QED) is 0.213. The first-order valence-corrected chi connectivity index (χ1v) is 14.2. The normalized spacial score (nSPS) is 13.5. The Kier molecular flexibility index (Phi) is 6.31. The molecule has 0 N–H and O–H groups in total. The molecule has 0 heterocycles. The average molecular weight is 524 g/mol. The third-order valence-electron chi connectivity index (χ3n) is 8.59. The summed E-state index contributed by atoms with van der Waals surface area (Å²) < 4.78 is 0. The van der Waals surface area contributed by atoms with Crippen molar-refractivity contribution >= 4 is 0 Å². The van der Waals surface area contributed by atoms with Gasteiger partial charge in [0.1, 0.15) is 0 Å². The SMILES string of the molecule is N#Cc1ccc2c(c1)C(c1ccccc1)(c1ccccc1)c1cc(C(Cc3ccccc3)c3ccccc3)ccc1-2. The van der Waals surface area contributed by atoms with Crippen molar-refractivity contribution in [2.45, 2.75) is 17.8 Å². The average Bonchev–Trinajstić information content (AvgIpc) is 3.35. The highest BCUT2D eigenvalue weighted by molar-refractivity contribution is 5.87. The van der Waals surface area contributed by atoms with Gasteiger partial charge in [-0.3, -0.25) is 0 Å². The first kappa shape index (κ1) is 24.8. The summed E-state index contributed by atoms with van der Waals surface area (Å²) >= 11 is 0. The first-order valence-electron chi connectivity index (χ1n) is 14.2. The molecule has 41 heavy (non-hydrogen) atoms. The van der Waals surface area contributed by atoms with Crippen LogP contribution in [0.1, 0.15) is 50.4 Å². The number of benzene rings is 6. The van der Waals surface area contributed by atoms with Gasteiger partial charge in [-0.15, -0.1) is 0 Å². The van der Waals surface area contributed by atoms with Crippen molar-refractivity contribution in [3.05, 3.63) is 202 Å². The van der Waals surface area contributed by atoms with E-state index < -0.39 is 5.41 Å². The van der Waals surface area contributed by atoms with Crippen LogP contribution in [0.3, 0.4) is 0 Å². The van der Waals surface area contributed by atoms with Crippen LogP contribution in [0.2, 0.25) is 0 Å². The lowest BCUT2D eigenvalue weighted by Gasteiger charge is -2.34. The van der Waals surface area contributed by atoms with Gasteiger partial charge >= 0.3 is 0 Å². The minimum atomic E-state index is -0.538. The topological polar surface area (TPSA) is 23.8 Å². The molecule has 0 bridgehead atoms. The van der Waals surface area contributed by atoms with E-state index in [0.29, 0.717) is 5.56 Å². The summed E-state index contributed by atoms with van der Waals surface area (Å²) in [6, 6.07) is 58.9. The van der Waals surface area contributed by atoms with Gasteiger partial charge < -0.3 is 0 Å². The Bertz CT molecular complexity index is 1810. The summed E-state index contributed by atoms with van der Waals surface area (Å²) in [7, 11) is 0. The summed E-state index contributed by atoms with van der Waals surface area (Å²) in [6.07, 6.45) is 0.916. The number of fused-ring (bicyclic) bond motifs is 3. The van der Waals surface area contributed by atoms with Crippen molar-refractivity contribution in [2.75, 3.05) is 0 Å². The summed E-state index contributed by atoms with van der Waals surface area (Å²) in [5.74, 6) is 0.200. The number of nitriles is 1. The minimum Gasteiger partial charge on any atom is -0.192 e. The summed E-state index contributed by atoms with van der Waals surface area (Å²) in [5, 5.41) is 9.93. The van der Waals surface area contributed by atoms with Crippen molar-refractivity contribution in [3.63, 3.8) is 0 Å². The Morgan fingerprint density at radius 1 is 0.512 bits per heavy atom. The second-order valence-corrected chi connectivity index (χ2v) is 10.8. The highest BCUT2D eigenvalue weighted by Crippen LogP contribution is 2.56. The van der Waals surface area contributed by atoms with E-state index in [2.05, 4.69) is 158 Å². The Hall–Kier alpha value is -5.19. The van der Waals surface area contributed by atoms with Crippen LogP contribution in [0.5, 0.6) is 0 Å². The summed E-state index contributed by atoms with van der Waals surface area (Å²) in [5.41, 5.74) is 11.3. The fourth-order valence-corrected chi connectivity index (χ4v) is 6.76. The Morgan fingerprint density at radius 3 is 1.61 bits per heavy atom. The zero-order valence-corrected chi connectivity index (χ0v) is 22.7. The van der Waals surface area contributed by atoms with Gasteiger partial charge in [-0.1, -0.05) is 146 Å². The molecule has 1 aliphatic rings. The Morgan fingerprint density at radius 2 is 1.02 bits per heavy atom. The molecule has 0 amide bonds. The molecular formula is C40H29N. The van der Waals surface area contributed by atoms with E-state index in [1.807, 2.05) is 6.07 Å². The van der Waals surface area contributed by atoms with E-state index in [4.69, 9.17) is 0 Å². The second-order valence-electron chi connectivity index (χ2n) is 10.8. The van der Waals surface area contributed by atoms with Gasteiger partial charge in [-0.25, -0.2) is 0 Å². The smallest absolute Gasteiger partial charge is 0.0991 e. The fraction of sp³-hybridized carbons (Fsp3) is 0.0750. The third-order valence-corrected chi connectivity index (χ3v) is 8.59. The Balaban J connectivity index is 1.52. The molecule has 1 heteroatoms. The van der Waals surface area contributed by atoms with Crippen LogP contribution < -0.4 is 0 Å². The maximum Gasteiger partial charge on any atom is 0.0991 e. The predicted molar refractivity (Wildman–Crippen MR) is 167 cm³/mol. The number of nitrogens with zero attached hydrogens (tertiary/aromatic N) is 1. The second kappa shape index (κ2) is 10.4. The van der Waals surface area contributed by atoms with Crippen molar-refractivity contribution < 1.29 is 0 Å². The zero-order chi connectivity index (χ0) is 27.6. The lowest BCUT2D eigenvalue weighted by molar-refractivity contribution is 0.756. The van der Waals surface area contributed by atoms with Crippen molar-refractivity contribution in [1.82, 2.24) is 0 Å². The van der Waals surface area contributed by atoms with E-state index in [1.54, 1.807) is 0 Å². The predicted octanol–water partition coefficient (Wildman–Crippen LogP) is 9.30. The van der Waals surface area contributed by atoms with Gasteiger partial charge in [0, 0.05) is 5.92 Å². The molecule has 194 valence electrons. The molecule has 1 aliphatic carbocycles. The first-order chi connectivity index (χ1) is 20.3. The number of hydrogen-bond acceptors (Lipinski definition) is 1. The maximum absolute atomic E-state index is 9.93. The van der Waals surface area contributed by atoms with Crippen LogP contribution in [0, 0.1) is 11.3 Å². The molecule has 6 aromatic carbocycles. The van der Waals surface area contributed by atoms with Gasteiger partial charge in [0.15, 0.2) is 0 Å². The molecule has 0 spiro atoms. The van der Waals surface area contributed by atoms with Crippen LogP contribution >= 0.6 is 0 Å². The van der Waals surface area contributed by atoms with E-state index in [-0.39, 0.29) is 5.92 Å². The van der Waals surface area contributed by atoms with Gasteiger partial charge in [0.25, 0.3) is 0 Å². The van der Waals surface area contributed by atoms with Crippen molar-refractivity contribution in [3.8, 4) is 17.2 Å². The molecule has 0 aliphatic heterocycles. The van der Waals surface area contributed by atoms with Gasteiger partial charge in [0.2, 0.25) is 0 Å². The number of hydrogen-bond donors (Lipinski definition) is 0. The molecule has 1 nitrogen and oxygen atoms in total. The molecule has 0 aromatic heterocycles. The van der Waals surface area contributed by atoms with Crippen LogP contribution in [-0.4, -0.2) is 0 Å². The van der Waals surface area contributed by atoms with Gasteiger partial charge in [0.05, 0.1) is 17.0 Å². The van der Waals surface area contributed by atoms with Crippen LogP contribution in [0.4, 0.5) is 0 Å². The van der Waals surface area contributed by atoms with Crippen LogP contribution in [0.15, 0.2) is 158 Å². The van der Waals surface area contributed by atoms with Crippen LogP contribution in [-0.2, 0) is 11.8 Å². The van der Waals surface area contributed by atoms with E-state index in [9.17, 15) is 5.26 Å². The third kappa shape index (κ3) is 4.17. The van der Waals surface area contributed by atoms with Gasteiger partial charge in [-0.05, 0) is 68.6 Å². The number of rotatable bonds is 6. The van der Waals surface area contributed by atoms with Crippen molar-refractivity contribution in [2.24, 2.45) is 0 Å². The molecule has 0 radical (unpaired) electrons. The molecule has 1 atom stereocenters. The standard InChI is InChI=1S/C40H29N/c41-28-30-21-23-35-36-24-22-32(37(31-15-7-2-8-16-31)25-29-13-5-1-6-14-29)27-39(36)40(38(35)26-30,33-17-9-3-10-18-33)34-19-11-4-12-20-34/h1-24,26-27,37H,25H2. The summed E-state index contributed by atoms with van der Waals surface area (Å²) in [4.78, 5) is 0. The molecule has 6 aromatic rings. The highest BCUT2D eigenvalue weighted by Gasteiger charge is 2.46. The lowest BCUT2D eigenvalue weighted by atomic mass is 9.67. The Labute approximate surface area is 242 Å². The molecule has 1 unspecified atom stereocenters. The molecule has 0 saturated carbocycles. The van der Waals surface area contributed by atoms with Crippen molar-refractivity contribution in [1.29, 1.82) is 5.26 Å². The highest BCUT2D eigenvalue weighted by atomic mass is 14.5. The molecule has 0 fully saturated rings. The maximum atomic E-state index is 9.93. The van der Waals surface area contributed by atoms with Crippen LogP contribution in [0.25, 0.3) is 11.1 Å².